The van der Waals surface area contributed by atoms with Gasteiger partial charge in [0.15, 0.2) is 0 Å². The molecule has 2 aliphatic heterocycles. The monoisotopic (exact) mass is 753 g/mol. The van der Waals surface area contributed by atoms with Crippen molar-refractivity contribution >= 4 is 29.6 Å². The number of hydroxylamine groups is 2. The van der Waals surface area contributed by atoms with E-state index in [9.17, 15) is 34.2 Å². The Morgan fingerprint density at radius 1 is 0.891 bits per heavy atom. The highest BCUT2D eigenvalue weighted by atomic mass is 16.7. The highest BCUT2D eigenvalue weighted by Gasteiger charge is 2.38. The van der Waals surface area contributed by atoms with Crippen LogP contribution in [0.15, 0.2) is 78.9 Å². The highest BCUT2D eigenvalue weighted by molar-refractivity contribution is 6.02. The Morgan fingerprint density at radius 2 is 1.56 bits per heavy atom. The summed E-state index contributed by atoms with van der Waals surface area (Å²) < 4.78 is 0. The van der Waals surface area contributed by atoms with Gasteiger partial charge in [-0.1, -0.05) is 66.7 Å². The van der Waals surface area contributed by atoms with Gasteiger partial charge in [0, 0.05) is 63.4 Å². The lowest BCUT2D eigenvalue weighted by Crippen LogP contribution is -2.61. The third kappa shape index (κ3) is 10.2. The van der Waals surface area contributed by atoms with E-state index in [-0.39, 0.29) is 43.2 Å². The van der Waals surface area contributed by atoms with Crippen molar-refractivity contribution in [3.05, 3.63) is 107 Å². The van der Waals surface area contributed by atoms with E-state index in [2.05, 4.69) is 15.5 Å². The number of benzene rings is 3. The second kappa shape index (κ2) is 17.2. The summed E-state index contributed by atoms with van der Waals surface area (Å²) >= 11 is 0. The Kier molecular flexibility index (Phi) is 12.5. The molecule has 6 rings (SSSR count). The van der Waals surface area contributed by atoms with Gasteiger partial charge < -0.3 is 25.7 Å². The molecular formula is C42H51N5O8. The summed E-state index contributed by atoms with van der Waals surface area (Å²) in [5.41, 5.74) is 3.46. The molecule has 5 unspecified atom stereocenters. The zero-order valence-electron chi connectivity index (χ0n) is 31.6. The molecule has 3 aromatic rings. The Morgan fingerprint density at radius 3 is 2.25 bits per heavy atom. The average Bonchev–Trinajstić information content (AvgIpc) is 3.64. The molecule has 13 heteroatoms. The lowest BCUT2D eigenvalue weighted by Gasteiger charge is -2.42. The van der Waals surface area contributed by atoms with Gasteiger partial charge in [0.05, 0.1) is 23.8 Å². The van der Waals surface area contributed by atoms with Gasteiger partial charge in [-0.2, -0.15) is 0 Å². The fourth-order valence-corrected chi connectivity index (χ4v) is 7.61. The molecule has 0 bridgehead atoms. The van der Waals surface area contributed by atoms with Crippen molar-refractivity contribution in [1.82, 2.24) is 25.5 Å². The number of nitrogens with one attached hydrogen (secondary N) is 2. The van der Waals surface area contributed by atoms with Crippen molar-refractivity contribution in [2.45, 2.75) is 89.3 Å². The standard InChI is InChI=1S/C42H51N5O8/c1-42(2,3)44-40(53)34-26-45(24-28-13-15-29(16-14-28)41(54)55-47-36(50)17-18-37(47)51)19-20-46(34)25-32(48)22-31(21-27-9-5-4-6-10-27)39(52)43-38-33-12-8-7-11-30(33)23-35(38)49/h4-16,31-32,34-35,38,48-49H,17-26H2,1-3H3,(H,43,52)(H,44,53). The van der Waals surface area contributed by atoms with E-state index >= 15 is 0 Å². The van der Waals surface area contributed by atoms with E-state index in [0.29, 0.717) is 44.1 Å². The quantitative estimate of drug-likeness (QED) is 0.191. The van der Waals surface area contributed by atoms with Gasteiger partial charge in [-0.05, 0) is 68.0 Å². The minimum Gasteiger partial charge on any atom is -0.392 e. The topological polar surface area (TPSA) is 169 Å². The largest absolute Gasteiger partial charge is 0.392 e. The smallest absolute Gasteiger partial charge is 0.363 e. The number of imide groups is 1. The Labute approximate surface area is 321 Å². The number of rotatable bonds is 13. The first kappa shape index (κ1) is 39.7. The third-order valence-corrected chi connectivity index (χ3v) is 10.4. The maximum Gasteiger partial charge on any atom is 0.363 e. The molecule has 0 radical (unpaired) electrons. The Bertz CT molecular complexity index is 1850. The summed E-state index contributed by atoms with van der Waals surface area (Å²) in [6.45, 7) is 7.89. The van der Waals surface area contributed by atoms with Gasteiger partial charge in [0.2, 0.25) is 11.8 Å². The van der Waals surface area contributed by atoms with Crippen molar-refractivity contribution < 1.29 is 39.0 Å². The highest BCUT2D eigenvalue weighted by Crippen LogP contribution is 2.32. The SMILES string of the molecule is CC(C)(C)NC(=O)C1CN(Cc2ccc(C(=O)ON3C(=O)CCC3=O)cc2)CCN1CC(O)CC(Cc1ccccc1)C(=O)NC1c2ccccc2CC1O. The molecule has 13 nitrogen and oxygen atoms in total. The van der Waals surface area contributed by atoms with E-state index in [1.165, 1.54) is 0 Å². The lowest BCUT2D eigenvalue weighted by atomic mass is 9.91. The zero-order chi connectivity index (χ0) is 39.3. The van der Waals surface area contributed by atoms with Gasteiger partial charge in [-0.25, -0.2) is 4.79 Å². The average molecular weight is 754 g/mol. The van der Waals surface area contributed by atoms with Crippen LogP contribution in [0.25, 0.3) is 0 Å². The Hall–Kier alpha value is -4.95. The van der Waals surface area contributed by atoms with Gasteiger partial charge in [0.1, 0.15) is 6.04 Å². The normalized spacial score (nSPS) is 21.5. The number of aliphatic hydroxyl groups excluding tert-OH is 2. The number of amides is 4. The molecule has 2 fully saturated rings. The number of hydrogen-bond donors (Lipinski definition) is 4. The molecule has 0 aromatic heterocycles. The van der Waals surface area contributed by atoms with E-state index in [1.54, 1.807) is 24.3 Å². The maximum absolute atomic E-state index is 13.9. The van der Waals surface area contributed by atoms with Crippen LogP contribution < -0.4 is 10.6 Å². The molecule has 2 saturated heterocycles. The van der Waals surface area contributed by atoms with Crippen LogP contribution in [0.4, 0.5) is 0 Å². The minimum absolute atomic E-state index is 0.0138. The number of carbonyl (C=O) groups is 5. The first-order valence-electron chi connectivity index (χ1n) is 19.0. The van der Waals surface area contributed by atoms with Crippen LogP contribution in [-0.2, 0) is 43.4 Å². The van der Waals surface area contributed by atoms with E-state index in [0.717, 1.165) is 22.3 Å². The summed E-state index contributed by atoms with van der Waals surface area (Å²) in [5.74, 6) is -2.89. The second-order valence-electron chi connectivity index (χ2n) is 15.9. The van der Waals surface area contributed by atoms with Gasteiger partial charge in [0.25, 0.3) is 11.8 Å². The molecular weight excluding hydrogens is 702 g/mol. The van der Waals surface area contributed by atoms with E-state index in [1.807, 2.05) is 80.3 Å². The molecule has 55 heavy (non-hydrogen) atoms. The van der Waals surface area contributed by atoms with Crippen LogP contribution in [-0.4, -0.2) is 105 Å². The van der Waals surface area contributed by atoms with Crippen molar-refractivity contribution in [2.75, 3.05) is 26.2 Å². The third-order valence-electron chi connectivity index (χ3n) is 10.4. The van der Waals surface area contributed by atoms with Gasteiger partial charge >= 0.3 is 5.97 Å². The van der Waals surface area contributed by atoms with E-state index < -0.39 is 53.5 Å². The summed E-state index contributed by atoms with van der Waals surface area (Å²) in [6, 6.07) is 22.9. The fourth-order valence-electron chi connectivity index (χ4n) is 7.61. The number of piperazine rings is 1. The zero-order valence-corrected chi connectivity index (χ0v) is 31.6. The predicted molar refractivity (Wildman–Crippen MR) is 203 cm³/mol. The number of fused-ring (bicyclic) bond motifs is 1. The number of carbonyl (C=O) groups excluding carboxylic acids is 5. The van der Waals surface area contributed by atoms with Gasteiger partial charge in [-0.3, -0.25) is 29.0 Å². The first-order chi connectivity index (χ1) is 26.2. The molecule has 5 atom stereocenters. The molecule has 0 saturated carbocycles. The summed E-state index contributed by atoms with van der Waals surface area (Å²) in [7, 11) is 0. The lowest BCUT2D eigenvalue weighted by molar-refractivity contribution is -0.172. The minimum atomic E-state index is -0.921. The molecule has 2 heterocycles. The summed E-state index contributed by atoms with van der Waals surface area (Å²) in [5, 5.41) is 29.2. The van der Waals surface area contributed by atoms with Crippen LogP contribution in [0.3, 0.4) is 0 Å². The molecule has 292 valence electrons. The number of aliphatic hydroxyl groups is 2. The molecule has 1 aliphatic carbocycles. The van der Waals surface area contributed by atoms with E-state index in [4.69, 9.17) is 4.84 Å². The Balaban J connectivity index is 1.11. The number of hydrogen-bond acceptors (Lipinski definition) is 10. The van der Waals surface area contributed by atoms with Crippen molar-refractivity contribution in [1.29, 1.82) is 0 Å². The summed E-state index contributed by atoms with van der Waals surface area (Å²) in [6.07, 6.45) is -0.609. The fraction of sp³-hybridized carbons (Fsp3) is 0.452. The molecule has 0 spiro atoms. The van der Waals surface area contributed by atoms with Crippen LogP contribution in [0.1, 0.15) is 78.7 Å². The number of nitrogens with zero attached hydrogens (tertiary/aromatic N) is 3. The molecule has 3 aliphatic rings. The molecule has 3 aromatic carbocycles. The van der Waals surface area contributed by atoms with Gasteiger partial charge in [-0.15, -0.1) is 5.06 Å². The molecule has 4 N–H and O–H groups in total. The van der Waals surface area contributed by atoms with Crippen LogP contribution >= 0.6 is 0 Å². The first-order valence-corrected chi connectivity index (χ1v) is 19.0. The second-order valence-corrected chi connectivity index (χ2v) is 15.9. The number of β-amino-alcohol motifs (C(OH)–C–C–N with tert-alkyl or cyclic N) is 1. The van der Waals surface area contributed by atoms with Crippen molar-refractivity contribution in [3.63, 3.8) is 0 Å². The predicted octanol–water partition coefficient (Wildman–Crippen LogP) is 2.69. The summed E-state index contributed by atoms with van der Waals surface area (Å²) in [4.78, 5) is 73.1. The molecule has 4 amide bonds. The van der Waals surface area contributed by atoms with Crippen LogP contribution in [0.5, 0.6) is 0 Å². The van der Waals surface area contributed by atoms with Crippen LogP contribution in [0, 0.1) is 5.92 Å². The maximum atomic E-state index is 13.9. The van der Waals surface area contributed by atoms with Crippen molar-refractivity contribution in [3.8, 4) is 0 Å². The van der Waals surface area contributed by atoms with Crippen LogP contribution in [0.2, 0.25) is 0 Å². The van der Waals surface area contributed by atoms with Crippen molar-refractivity contribution in [2.24, 2.45) is 5.92 Å².